The Bertz CT molecular complexity index is 715. The van der Waals surface area contributed by atoms with Crippen LogP contribution in [0.5, 0.6) is 0 Å². The standard InChI is InChI=1S/C16H22F4O6S.Na.H/c17-15(18,16(19,20)27(23,24)25)2-1-12(21)26-9-13-4-10-3-11(5-13)7-14(22,6-10)8-13;;/h10-11,22H,1-9H2,(H,23,24,25);;/t10-,11+,13?,14?;;. The predicted molar refractivity (Wildman–Crippen MR) is 90.8 cm³/mol. The van der Waals surface area contributed by atoms with Crippen LogP contribution in [0.4, 0.5) is 17.6 Å². The van der Waals surface area contributed by atoms with Crippen molar-refractivity contribution in [2.45, 2.75) is 68.1 Å². The molecule has 2 N–H and O–H groups in total. The van der Waals surface area contributed by atoms with Gasteiger partial charge in [-0.25, -0.2) is 0 Å². The molecule has 12 heteroatoms. The second kappa shape index (κ2) is 7.64. The predicted octanol–water partition coefficient (Wildman–Crippen LogP) is 2.11. The van der Waals surface area contributed by atoms with Crippen LogP contribution < -0.4 is 0 Å². The third-order valence-electron chi connectivity index (χ3n) is 6.08. The average Bonchev–Trinajstić information content (AvgIpc) is 2.47. The van der Waals surface area contributed by atoms with E-state index in [0.717, 1.165) is 19.3 Å². The molecule has 6 nitrogen and oxygen atoms in total. The molecule has 4 atom stereocenters. The van der Waals surface area contributed by atoms with E-state index in [2.05, 4.69) is 0 Å². The van der Waals surface area contributed by atoms with E-state index in [4.69, 9.17) is 9.29 Å². The molecule has 4 saturated carbocycles. The van der Waals surface area contributed by atoms with Crippen molar-refractivity contribution in [3.05, 3.63) is 0 Å². The van der Waals surface area contributed by atoms with Crippen LogP contribution in [0.3, 0.4) is 0 Å². The number of hydrogen-bond acceptors (Lipinski definition) is 5. The van der Waals surface area contributed by atoms with Crippen LogP contribution in [0.2, 0.25) is 0 Å². The molecule has 0 amide bonds. The number of carbonyl (C=O) groups excluding carboxylic acids is 1. The van der Waals surface area contributed by atoms with Crippen molar-refractivity contribution in [2.75, 3.05) is 6.61 Å². The Kier molecular flexibility index (Phi) is 6.63. The fraction of sp³-hybridized carbons (Fsp3) is 0.938. The Balaban J connectivity index is 0.00000280. The van der Waals surface area contributed by atoms with Crippen LogP contribution in [0, 0.1) is 17.3 Å². The summed E-state index contributed by atoms with van der Waals surface area (Å²) >= 11 is 0. The van der Waals surface area contributed by atoms with Crippen LogP contribution in [-0.4, -0.2) is 77.0 Å². The molecule has 0 aromatic carbocycles. The van der Waals surface area contributed by atoms with E-state index in [1.165, 1.54) is 0 Å². The van der Waals surface area contributed by atoms with Crippen molar-refractivity contribution in [3.8, 4) is 0 Å². The van der Waals surface area contributed by atoms with Crippen molar-refractivity contribution in [3.63, 3.8) is 0 Å². The topological polar surface area (TPSA) is 101 Å². The normalized spacial score (nSPS) is 34.8. The Morgan fingerprint density at radius 1 is 1.11 bits per heavy atom. The van der Waals surface area contributed by atoms with Crippen LogP contribution in [0.15, 0.2) is 0 Å². The maximum atomic E-state index is 13.4. The van der Waals surface area contributed by atoms with Crippen molar-refractivity contribution in [1.29, 1.82) is 0 Å². The molecular formula is C16H23F4NaO6S. The first-order chi connectivity index (χ1) is 12.2. The van der Waals surface area contributed by atoms with Gasteiger partial charge in [0.15, 0.2) is 0 Å². The molecule has 0 aromatic heterocycles. The summed E-state index contributed by atoms with van der Waals surface area (Å²) in [6.45, 7) is -0.0819. The Labute approximate surface area is 182 Å². The van der Waals surface area contributed by atoms with Gasteiger partial charge >= 0.3 is 56.8 Å². The molecule has 4 rings (SSSR count). The number of hydrogen-bond donors (Lipinski definition) is 2. The molecule has 0 spiro atoms. The SMILES string of the molecule is O=C(CCC(F)(F)C(F)(F)S(=O)(=O)O)OCC12C[C@@H]3C[C@@H](CC(O)(C3)C1)C2.[NaH]. The number of alkyl halides is 4. The zero-order chi connectivity index (χ0) is 20.3. The fourth-order valence-corrected chi connectivity index (χ4v) is 5.95. The van der Waals surface area contributed by atoms with Gasteiger partial charge in [-0.15, -0.1) is 0 Å². The molecule has 0 aliphatic heterocycles. The fourth-order valence-electron chi connectivity index (χ4n) is 5.47. The number of ether oxygens (including phenoxy) is 1. The molecular weight excluding hydrogens is 419 g/mol. The van der Waals surface area contributed by atoms with Crippen LogP contribution >= 0.6 is 0 Å². The zero-order valence-corrected chi connectivity index (χ0v) is 15.3. The molecule has 0 radical (unpaired) electrons. The minimum absolute atomic E-state index is 0. The quantitative estimate of drug-likeness (QED) is 0.271. The average molecular weight is 442 g/mol. The van der Waals surface area contributed by atoms with Crippen molar-refractivity contribution in [2.24, 2.45) is 17.3 Å². The summed E-state index contributed by atoms with van der Waals surface area (Å²) in [5.74, 6) is -5.61. The maximum absolute atomic E-state index is 13.4. The summed E-state index contributed by atoms with van der Waals surface area (Å²) in [4.78, 5) is 11.8. The number of halogens is 4. The van der Waals surface area contributed by atoms with E-state index in [1.54, 1.807) is 0 Å². The van der Waals surface area contributed by atoms with Crippen LogP contribution in [-0.2, 0) is 19.6 Å². The first-order valence-corrected chi connectivity index (χ1v) is 10.2. The van der Waals surface area contributed by atoms with Gasteiger partial charge in [0.25, 0.3) is 0 Å². The van der Waals surface area contributed by atoms with Gasteiger partial charge in [0, 0.05) is 11.8 Å². The number of aliphatic hydroxyl groups is 1. The summed E-state index contributed by atoms with van der Waals surface area (Å²) in [5, 5.41) is 4.91. The van der Waals surface area contributed by atoms with Crippen molar-refractivity contribution >= 4 is 45.6 Å². The first-order valence-electron chi connectivity index (χ1n) is 8.78. The Morgan fingerprint density at radius 3 is 2.11 bits per heavy atom. The van der Waals surface area contributed by atoms with Gasteiger partial charge in [0.1, 0.15) is 0 Å². The van der Waals surface area contributed by atoms with Gasteiger partial charge in [-0.3, -0.25) is 9.35 Å². The van der Waals surface area contributed by atoms with E-state index in [9.17, 15) is 35.9 Å². The van der Waals surface area contributed by atoms with E-state index in [-0.39, 0.29) is 36.2 Å². The molecule has 0 heterocycles. The van der Waals surface area contributed by atoms with E-state index >= 15 is 0 Å². The molecule has 0 aromatic rings. The summed E-state index contributed by atoms with van der Waals surface area (Å²) in [5.41, 5.74) is -1.21. The van der Waals surface area contributed by atoms with Gasteiger partial charge in [-0.1, -0.05) is 0 Å². The van der Waals surface area contributed by atoms with E-state index in [0.29, 0.717) is 31.1 Å². The first kappa shape index (κ1) is 24.3. The third kappa shape index (κ3) is 4.54. The Hall–Kier alpha value is 0.0600. The second-order valence-electron chi connectivity index (χ2n) is 8.54. The third-order valence-corrected chi connectivity index (χ3v) is 7.03. The van der Waals surface area contributed by atoms with Gasteiger partial charge in [-0.05, 0) is 50.4 Å². The molecule has 28 heavy (non-hydrogen) atoms. The summed E-state index contributed by atoms with van der Waals surface area (Å²) in [6, 6.07) is 0. The Morgan fingerprint density at radius 2 is 1.64 bits per heavy atom. The molecule has 158 valence electrons. The van der Waals surface area contributed by atoms with Crippen LogP contribution in [0.25, 0.3) is 0 Å². The van der Waals surface area contributed by atoms with Gasteiger partial charge in [-0.2, -0.15) is 26.0 Å². The van der Waals surface area contributed by atoms with Crippen molar-refractivity contribution < 1.29 is 45.2 Å². The number of esters is 1. The summed E-state index contributed by atoms with van der Waals surface area (Å²) in [6.07, 6.45) is 1.50. The molecule has 4 bridgehead atoms. The molecule has 2 unspecified atom stereocenters. The summed E-state index contributed by atoms with van der Waals surface area (Å²) in [7, 11) is -6.32. The van der Waals surface area contributed by atoms with E-state index in [1.807, 2.05) is 0 Å². The second-order valence-corrected chi connectivity index (χ2v) is 10.0. The van der Waals surface area contributed by atoms with Gasteiger partial charge < -0.3 is 9.84 Å². The number of rotatable bonds is 7. The summed E-state index contributed by atoms with van der Waals surface area (Å²) < 4.78 is 87.3. The molecule has 4 aliphatic rings. The molecule has 4 fully saturated rings. The molecule has 4 aliphatic carbocycles. The minimum atomic E-state index is -6.32. The van der Waals surface area contributed by atoms with Crippen molar-refractivity contribution in [1.82, 2.24) is 0 Å². The van der Waals surface area contributed by atoms with E-state index < -0.39 is 51.1 Å². The van der Waals surface area contributed by atoms with Crippen LogP contribution in [0.1, 0.15) is 51.4 Å². The van der Waals surface area contributed by atoms with Gasteiger partial charge in [0.05, 0.1) is 18.6 Å². The molecule has 0 saturated heterocycles. The zero-order valence-electron chi connectivity index (χ0n) is 14.5. The monoisotopic (exact) mass is 442 g/mol. The van der Waals surface area contributed by atoms with Gasteiger partial charge in [0.2, 0.25) is 0 Å². The number of carbonyl (C=O) groups is 1.